The zero-order chi connectivity index (χ0) is 14.9. The van der Waals surface area contributed by atoms with E-state index in [2.05, 4.69) is 10.3 Å². The molecule has 0 aliphatic heterocycles. The highest BCUT2D eigenvalue weighted by molar-refractivity contribution is 7.09. The largest absolute Gasteiger partial charge is 0.364 e. The number of nitrogens with one attached hydrogen (secondary N) is 1. The van der Waals surface area contributed by atoms with Crippen LogP contribution in [0.25, 0.3) is 0 Å². The topological polar surface area (TPSA) is 92.7 Å². The molecule has 0 unspecified atom stereocenters. The molecule has 0 amide bonds. The van der Waals surface area contributed by atoms with E-state index < -0.39 is 11.2 Å². The number of hydrogen-bond acceptors (Lipinski definition) is 6. The summed E-state index contributed by atoms with van der Waals surface area (Å²) in [6.45, 7) is 2.24. The lowest BCUT2D eigenvalue weighted by Crippen LogP contribution is -2.39. The lowest BCUT2D eigenvalue weighted by atomic mass is 10.3. The second kappa shape index (κ2) is 5.30. The van der Waals surface area contributed by atoms with E-state index >= 15 is 0 Å². The Balaban J connectivity index is 2.44. The number of nitrogens with zero attached hydrogens (tertiary/aromatic N) is 4. The summed E-state index contributed by atoms with van der Waals surface area (Å²) < 4.78 is 2.16. The molecule has 20 heavy (non-hydrogen) atoms. The van der Waals surface area contributed by atoms with Gasteiger partial charge in [0.15, 0.2) is 5.56 Å². The second-order valence-corrected chi connectivity index (χ2v) is 5.31. The van der Waals surface area contributed by atoms with Crippen molar-refractivity contribution < 1.29 is 0 Å². The predicted octanol–water partition coefficient (Wildman–Crippen LogP) is 0.333. The number of nitriles is 1. The van der Waals surface area contributed by atoms with Crippen LogP contribution in [0.1, 0.15) is 16.3 Å². The van der Waals surface area contributed by atoms with E-state index in [1.54, 1.807) is 0 Å². The van der Waals surface area contributed by atoms with Crippen molar-refractivity contribution in [2.45, 2.75) is 13.5 Å². The van der Waals surface area contributed by atoms with Gasteiger partial charge < -0.3 is 5.32 Å². The maximum Gasteiger partial charge on any atom is 0.332 e. The SMILES string of the molecule is Cc1nc(CNc2c(C#N)c(=O)n(C)c(=O)n2C)cs1. The van der Waals surface area contributed by atoms with E-state index in [1.165, 1.54) is 30.0 Å². The molecule has 0 aliphatic carbocycles. The molecular weight excluding hydrogens is 278 g/mol. The molecule has 0 aromatic carbocycles. The van der Waals surface area contributed by atoms with Gasteiger partial charge >= 0.3 is 5.69 Å². The molecule has 1 N–H and O–H groups in total. The molecule has 0 bridgehead atoms. The summed E-state index contributed by atoms with van der Waals surface area (Å²) >= 11 is 1.51. The normalized spacial score (nSPS) is 10.3. The molecule has 0 saturated carbocycles. The number of thiazole rings is 1. The quantitative estimate of drug-likeness (QED) is 0.880. The minimum atomic E-state index is -0.604. The highest BCUT2D eigenvalue weighted by Gasteiger charge is 2.15. The Labute approximate surface area is 118 Å². The molecule has 2 aromatic heterocycles. The fourth-order valence-electron chi connectivity index (χ4n) is 1.82. The third-order valence-electron chi connectivity index (χ3n) is 2.88. The number of rotatable bonds is 3. The maximum atomic E-state index is 11.9. The number of anilines is 1. The average Bonchev–Trinajstić information content (AvgIpc) is 2.84. The molecule has 0 radical (unpaired) electrons. The highest BCUT2D eigenvalue weighted by atomic mass is 32.1. The standard InChI is InChI=1S/C12H13N5O2S/c1-7-15-8(6-20-7)5-14-10-9(4-13)11(18)17(3)12(19)16(10)2/h6,14H,5H2,1-3H3. The molecule has 0 aliphatic rings. The Morgan fingerprint density at radius 3 is 2.65 bits per heavy atom. The van der Waals surface area contributed by atoms with Gasteiger partial charge in [0.05, 0.1) is 17.2 Å². The highest BCUT2D eigenvalue weighted by Crippen LogP contribution is 2.12. The van der Waals surface area contributed by atoms with E-state index in [0.717, 1.165) is 15.3 Å². The summed E-state index contributed by atoms with van der Waals surface area (Å²) in [6.07, 6.45) is 0. The van der Waals surface area contributed by atoms with Gasteiger partial charge in [-0.3, -0.25) is 13.9 Å². The van der Waals surface area contributed by atoms with Gasteiger partial charge in [0.1, 0.15) is 11.9 Å². The van der Waals surface area contributed by atoms with Crippen LogP contribution in [0.4, 0.5) is 5.82 Å². The van der Waals surface area contributed by atoms with Crippen molar-refractivity contribution in [3.05, 3.63) is 42.5 Å². The van der Waals surface area contributed by atoms with Crippen LogP contribution in [-0.2, 0) is 20.6 Å². The number of aryl methyl sites for hydroxylation is 1. The molecular formula is C12H13N5O2S. The average molecular weight is 291 g/mol. The van der Waals surface area contributed by atoms with Gasteiger partial charge in [-0.25, -0.2) is 9.78 Å². The molecule has 104 valence electrons. The van der Waals surface area contributed by atoms with Gasteiger partial charge in [0.25, 0.3) is 5.56 Å². The van der Waals surface area contributed by atoms with Gasteiger partial charge in [0.2, 0.25) is 0 Å². The van der Waals surface area contributed by atoms with E-state index in [1.807, 2.05) is 18.4 Å². The minimum Gasteiger partial charge on any atom is -0.364 e. The fourth-order valence-corrected chi connectivity index (χ4v) is 2.43. The first-order valence-electron chi connectivity index (χ1n) is 5.80. The molecule has 8 heteroatoms. The summed E-state index contributed by atoms with van der Waals surface area (Å²) in [7, 11) is 2.86. The van der Waals surface area contributed by atoms with Crippen LogP contribution in [-0.4, -0.2) is 14.1 Å². The molecule has 0 spiro atoms. The van der Waals surface area contributed by atoms with Crippen molar-refractivity contribution in [1.82, 2.24) is 14.1 Å². The van der Waals surface area contributed by atoms with Gasteiger partial charge in [-0.15, -0.1) is 11.3 Å². The molecule has 0 atom stereocenters. The molecule has 0 fully saturated rings. The molecule has 2 aromatic rings. The van der Waals surface area contributed by atoms with Crippen LogP contribution in [0.2, 0.25) is 0 Å². The first kappa shape index (κ1) is 14.0. The lowest BCUT2D eigenvalue weighted by molar-refractivity contribution is 0.685. The van der Waals surface area contributed by atoms with E-state index in [-0.39, 0.29) is 11.4 Å². The van der Waals surface area contributed by atoms with Crippen LogP contribution in [0.5, 0.6) is 0 Å². The first-order valence-corrected chi connectivity index (χ1v) is 6.68. The maximum absolute atomic E-state index is 11.9. The summed E-state index contributed by atoms with van der Waals surface area (Å²) in [5.41, 5.74) is -0.371. The molecule has 7 nitrogen and oxygen atoms in total. The fraction of sp³-hybridized carbons (Fsp3) is 0.333. The van der Waals surface area contributed by atoms with Gasteiger partial charge in [0, 0.05) is 19.5 Å². The van der Waals surface area contributed by atoms with Crippen molar-refractivity contribution in [3.8, 4) is 6.07 Å². The second-order valence-electron chi connectivity index (χ2n) is 4.25. The smallest absolute Gasteiger partial charge is 0.332 e. The van der Waals surface area contributed by atoms with Crippen LogP contribution in [0, 0.1) is 18.3 Å². The van der Waals surface area contributed by atoms with Crippen molar-refractivity contribution in [1.29, 1.82) is 5.26 Å². The minimum absolute atomic E-state index is 0.0819. The van der Waals surface area contributed by atoms with Crippen LogP contribution < -0.4 is 16.6 Å². The van der Waals surface area contributed by atoms with Crippen molar-refractivity contribution in [2.24, 2.45) is 14.1 Å². The van der Waals surface area contributed by atoms with Gasteiger partial charge in [-0.05, 0) is 6.92 Å². The Bertz CT molecular complexity index is 809. The van der Waals surface area contributed by atoms with Crippen molar-refractivity contribution in [3.63, 3.8) is 0 Å². The Morgan fingerprint density at radius 1 is 1.40 bits per heavy atom. The van der Waals surface area contributed by atoms with Gasteiger partial charge in [-0.1, -0.05) is 0 Å². The summed E-state index contributed by atoms with van der Waals surface area (Å²) in [6, 6.07) is 1.84. The third-order valence-corrected chi connectivity index (χ3v) is 3.70. The number of aromatic nitrogens is 3. The number of hydrogen-bond donors (Lipinski definition) is 1. The summed E-state index contributed by atoms with van der Waals surface area (Å²) in [5.74, 6) is 0.214. The van der Waals surface area contributed by atoms with Crippen LogP contribution in [0.15, 0.2) is 15.0 Å². The van der Waals surface area contributed by atoms with Crippen molar-refractivity contribution in [2.75, 3.05) is 5.32 Å². The monoisotopic (exact) mass is 291 g/mol. The van der Waals surface area contributed by atoms with E-state index in [9.17, 15) is 9.59 Å². The Morgan fingerprint density at radius 2 is 2.10 bits per heavy atom. The summed E-state index contributed by atoms with van der Waals surface area (Å²) in [4.78, 5) is 28.0. The Hall–Kier alpha value is -2.40. The first-order chi connectivity index (χ1) is 9.45. The van der Waals surface area contributed by atoms with Gasteiger partial charge in [-0.2, -0.15) is 5.26 Å². The zero-order valence-electron chi connectivity index (χ0n) is 11.3. The predicted molar refractivity (Wildman–Crippen MR) is 75.8 cm³/mol. The lowest BCUT2D eigenvalue weighted by Gasteiger charge is -2.12. The van der Waals surface area contributed by atoms with E-state index in [0.29, 0.717) is 6.54 Å². The van der Waals surface area contributed by atoms with Crippen molar-refractivity contribution >= 4 is 17.2 Å². The van der Waals surface area contributed by atoms with Crippen LogP contribution in [0.3, 0.4) is 0 Å². The summed E-state index contributed by atoms with van der Waals surface area (Å²) in [5, 5.41) is 14.9. The molecule has 0 saturated heterocycles. The Kier molecular flexibility index (Phi) is 3.72. The molecule has 2 rings (SSSR count). The molecule has 2 heterocycles. The zero-order valence-corrected chi connectivity index (χ0v) is 12.1. The third kappa shape index (κ3) is 2.35. The van der Waals surface area contributed by atoms with Crippen LogP contribution >= 0.6 is 11.3 Å². The van der Waals surface area contributed by atoms with E-state index in [4.69, 9.17) is 5.26 Å².